The van der Waals surface area contributed by atoms with Crippen LogP contribution in [-0.4, -0.2) is 40.9 Å². The Balaban J connectivity index is 0.000000868. The lowest BCUT2D eigenvalue weighted by atomic mass is 9.80. The van der Waals surface area contributed by atoms with Gasteiger partial charge in [0.15, 0.2) is 17.3 Å². The van der Waals surface area contributed by atoms with E-state index in [2.05, 4.69) is 20.4 Å². The third kappa shape index (κ3) is 5.22. The van der Waals surface area contributed by atoms with Crippen LogP contribution >= 0.6 is 0 Å². The molecule has 23 heavy (non-hydrogen) atoms. The van der Waals surface area contributed by atoms with Gasteiger partial charge in [-0.1, -0.05) is 39.3 Å². The van der Waals surface area contributed by atoms with Crippen molar-refractivity contribution in [2.75, 3.05) is 13.7 Å². The minimum absolute atomic E-state index is 0.0264. The lowest BCUT2D eigenvalue weighted by Crippen LogP contribution is -2.36. The third-order valence-corrected chi connectivity index (χ3v) is 3.64. The monoisotopic (exact) mass is 326 g/mol. The molecule has 0 aromatic rings. The molecule has 0 radical (unpaired) electrons. The fourth-order valence-electron chi connectivity index (χ4n) is 2.47. The van der Waals surface area contributed by atoms with Crippen molar-refractivity contribution in [1.82, 2.24) is 0 Å². The summed E-state index contributed by atoms with van der Waals surface area (Å²) in [4.78, 5) is 12.3. The van der Waals surface area contributed by atoms with Crippen LogP contribution in [-0.2, 0) is 9.53 Å². The van der Waals surface area contributed by atoms with Gasteiger partial charge in [-0.2, -0.15) is 0 Å². The second-order valence-electron chi connectivity index (χ2n) is 5.38. The van der Waals surface area contributed by atoms with Crippen molar-refractivity contribution in [3.8, 4) is 0 Å². The standard InChI is InChI=1S/C14H18O4.C3H8.CH4O/c1-3-8(4-2)10-7-18-14-9(12(10)16)5-6-11(15)13(14)17;1-3-2;1-2/h3,5,8,10-11,15,17H,1,4,6-7H2,2H3;3H2,1-2H3;2H,1H3. The summed E-state index contributed by atoms with van der Waals surface area (Å²) in [5.74, 6) is -0.277. The molecule has 0 bridgehead atoms. The van der Waals surface area contributed by atoms with Crippen molar-refractivity contribution in [2.45, 2.75) is 46.1 Å². The molecule has 0 aromatic heterocycles. The predicted molar refractivity (Wildman–Crippen MR) is 90.9 cm³/mol. The summed E-state index contributed by atoms with van der Waals surface area (Å²) in [6, 6.07) is 0. The number of Topliss-reactive ketones (excluding diaryl/α,β-unsaturated/α-hetero) is 1. The van der Waals surface area contributed by atoms with Crippen molar-refractivity contribution >= 4 is 5.78 Å². The lowest BCUT2D eigenvalue weighted by molar-refractivity contribution is -0.124. The summed E-state index contributed by atoms with van der Waals surface area (Å²) in [7, 11) is 1.00. The molecule has 1 aliphatic heterocycles. The van der Waals surface area contributed by atoms with Crippen LogP contribution in [0.15, 0.2) is 35.8 Å². The van der Waals surface area contributed by atoms with Gasteiger partial charge >= 0.3 is 0 Å². The highest BCUT2D eigenvalue weighted by Gasteiger charge is 2.38. The van der Waals surface area contributed by atoms with Crippen molar-refractivity contribution in [3.63, 3.8) is 0 Å². The van der Waals surface area contributed by atoms with Crippen LogP contribution in [0, 0.1) is 11.8 Å². The van der Waals surface area contributed by atoms with Gasteiger partial charge in [-0.3, -0.25) is 4.79 Å². The maximum Gasteiger partial charge on any atom is 0.173 e. The van der Waals surface area contributed by atoms with Crippen LogP contribution in [0.25, 0.3) is 0 Å². The minimum atomic E-state index is -0.963. The Morgan fingerprint density at radius 3 is 2.43 bits per heavy atom. The summed E-state index contributed by atoms with van der Waals surface area (Å²) < 4.78 is 5.46. The average molecular weight is 326 g/mol. The number of ketones is 1. The van der Waals surface area contributed by atoms with Gasteiger partial charge < -0.3 is 20.1 Å². The number of ether oxygens (including phenoxy) is 1. The zero-order valence-electron chi connectivity index (χ0n) is 14.6. The molecular formula is C18H30O5. The number of carbonyl (C=O) groups excluding carboxylic acids is 1. The summed E-state index contributed by atoms with van der Waals surface area (Å²) in [5, 5.41) is 26.2. The van der Waals surface area contributed by atoms with E-state index < -0.39 is 6.10 Å². The number of hydrogen-bond donors (Lipinski definition) is 3. The fourth-order valence-corrected chi connectivity index (χ4v) is 2.47. The van der Waals surface area contributed by atoms with Crippen LogP contribution in [0.4, 0.5) is 0 Å². The second kappa shape index (κ2) is 11.0. The first kappa shape index (κ1) is 21.4. The van der Waals surface area contributed by atoms with Gasteiger partial charge in [0.25, 0.3) is 0 Å². The van der Waals surface area contributed by atoms with E-state index in [4.69, 9.17) is 9.84 Å². The quantitative estimate of drug-likeness (QED) is 0.694. The van der Waals surface area contributed by atoms with Gasteiger partial charge in [-0.05, 0) is 18.8 Å². The maximum absolute atomic E-state index is 12.3. The van der Waals surface area contributed by atoms with Gasteiger partial charge in [0, 0.05) is 7.11 Å². The Labute approximate surface area is 139 Å². The SMILES string of the molecule is C=CC(CC)C1COC2=C(O)C(O)CC=C2C1=O.CCC.CO. The highest BCUT2D eigenvalue weighted by atomic mass is 16.5. The topological polar surface area (TPSA) is 87.0 Å². The van der Waals surface area contributed by atoms with Gasteiger partial charge in [-0.15, -0.1) is 6.58 Å². The summed E-state index contributed by atoms with van der Waals surface area (Å²) in [5.41, 5.74) is 0.398. The first-order valence-electron chi connectivity index (χ1n) is 8.07. The second-order valence-corrected chi connectivity index (χ2v) is 5.38. The molecule has 5 nitrogen and oxygen atoms in total. The number of fused-ring (bicyclic) bond motifs is 1. The highest BCUT2D eigenvalue weighted by molar-refractivity contribution is 6.02. The Morgan fingerprint density at radius 2 is 1.96 bits per heavy atom. The number of aliphatic hydroxyl groups is 3. The number of carbonyl (C=O) groups is 1. The number of aliphatic hydroxyl groups excluding tert-OH is 3. The molecule has 1 saturated heterocycles. The molecule has 5 heteroatoms. The van der Waals surface area contributed by atoms with Gasteiger partial charge in [-0.25, -0.2) is 0 Å². The van der Waals surface area contributed by atoms with Crippen molar-refractivity contribution in [3.05, 3.63) is 35.8 Å². The number of hydrogen-bond acceptors (Lipinski definition) is 5. The molecule has 1 fully saturated rings. The molecule has 2 rings (SSSR count). The van der Waals surface area contributed by atoms with E-state index >= 15 is 0 Å². The Bertz CT molecular complexity index is 450. The normalized spacial score (nSPS) is 23.9. The molecular weight excluding hydrogens is 296 g/mol. The van der Waals surface area contributed by atoms with Crippen LogP contribution < -0.4 is 0 Å². The average Bonchev–Trinajstić information content (AvgIpc) is 2.57. The molecule has 0 saturated carbocycles. The molecule has 132 valence electrons. The highest BCUT2D eigenvalue weighted by Crippen LogP contribution is 2.35. The third-order valence-electron chi connectivity index (χ3n) is 3.64. The maximum atomic E-state index is 12.3. The largest absolute Gasteiger partial charge is 0.506 e. The van der Waals surface area contributed by atoms with E-state index in [0.717, 1.165) is 13.5 Å². The van der Waals surface area contributed by atoms with Crippen LogP contribution in [0.3, 0.4) is 0 Å². The number of rotatable bonds is 3. The van der Waals surface area contributed by atoms with Gasteiger partial charge in [0.1, 0.15) is 6.10 Å². The van der Waals surface area contributed by atoms with E-state index in [1.165, 1.54) is 6.42 Å². The van der Waals surface area contributed by atoms with Crippen molar-refractivity contribution in [2.24, 2.45) is 11.8 Å². The van der Waals surface area contributed by atoms with Gasteiger partial charge in [0.05, 0.1) is 18.1 Å². The first-order chi connectivity index (χ1) is 11.0. The zero-order chi connectivity index (χ0) is 18.0. The molecule has 3 atom stereocenters. The van der Waals surface area contributed by atoms with Crippen LogP contribution in [0.1, 0.15) is 40.0 Å². The predicted octanol–water partition coefficient (Wildman–Crippen LogP) is 2.90. The molecule has 1 aliphatic carbocycles. The Kier molecular flexibility index (Phi) is 10.3. The van der Waals surface area contributed by atoms with Crippen LogP contribution in [0.5, 0.6) is 0 Å². The van der Waals surface area contributed by atoms with Crippen LogP contribution in [0.2, 0.25) is 0 Å². The Morgan fingerprint density at radius 1 is 1.39 bits per heavy atom. The van der Waals surface area contributed by atoms with E-state index in [9.17, 15) is 15.0 Å². The van der Waals surface area contributed by atoms with Crippen molar-refractivity contribution < 1.29 is 24.9 Å². The summed E-state index contributed by atoms with van der Waals surface area (Å²) >= 11 is 0. The number of allylic oxidation sites excluding steroid dienone is 2. The van der Waals surface area contributed by atoms with Gasteiger partial charge in [0.2, 0.25) is 0 Å². The molecule has 0 spiro atoms. The summed E-state index contributed by atoms with van der Waals surface area (Å²) in [6.07, 6.45) is 4.78. The zero-order valence-corrected chi connectivity index (χ0v) is 14.6. The lowest BCUT2D eigenvalue weighted by Gasteiger charge is -2.32. The van der Waals surface area contributed by atoms with E-state index in [1.54, 1.807) is 12.2 Å². The van der Waals surface area contributed by atoms with Crippen molar-refractivity contribution in [1.29, 1.82) is 0 Å². The molecule has 1 heterocycles. The van der Waals surface area contributed by atoms with E-state index in [1.807, 2.05) is 6.92 Å². The van der Waals surface area contributed by atoms with E-state index in [-0.39, 0.29) is 42.2 Å². The molecule has 3 unspecified atom stereocenters. The fraction of sp³-hybridized carbons (Fsp3) is 0.611. The molecule has 3 N–H and O–H groups in total. The molecule has 0 aromatic carbocycles. The van der Waals surface area contributed by atoms with E-state index in [0.29, 0.717) is 5.57 Å². The molecule has 2 aliphatic rings. The smallest absolute Gasteiger partial charge is 0.173 e. The Hall–Kier alpha value is -1.59. The minimum Gasteiger partial charge on any atom is -0.506 e. The molecule has 0 amide bonds. The summed E-state index contributed by atoms with van der Waals surface area (Å²) in [6.45, 7) is 10.2. The first-order valence-corrected chi connectivity index (χ1v) is 8.07.